The quantitative estimate of drug-likeness (QED) is 0.825. The number of benzene rings is 1. The Bertz CT molecular complexity index is 522. The van der Waals surface area contributed by atoms with Gasteiger partial charge in [0, 0.05) is 23.1 Å². The van der Waals surface area contributed by atoms with Crippen LogP contribution in [0.15, 0.2) is 36.5 Å². The van der Waals surface area contributed by atoms with Gasteiger partial charge >= 0.3 is 5.97 Å². The molecule has 0 spiro atoms. The van der Waals surface area contributed by atoms with Crippen LogP contribution in [0.25, 0.3) is 10.9 Å². The number of aromatic nitrogens is 1. The van der Waals surface area contributed by atoms with Crippen LogP contribution < -0.4 is 0 Å². The van der Waals surface area contributed by atoms with Crippen LogP contribution >= 0.6 is 11.8 Å². The molecule has 1 heterocycles. The van der Waals surface area contributed by atoms with Crippen LogP contribution in [0.4, 0.5) is 0 Å². The topological polar surface area (TPSA) is 50.2 Å². The van der Waals surface area contributed by atoms with Crippen LogP contribution in [0.3, 0.4) is 0 Å². The zero-order chi connectivity index (χ0) is 12.1. The van der Waals surface area contributed by atoms with E-state index >= 15 is 0 Å². The van der Waals surface area contributed by atoms with Crippen LogP contribution in [0.5, 0.6) is 0 Å². The summed E-state index contributed by atoms with van der Waals surface area (Å²) in [5.41, 5.74) is 2.20. The molecule has 4 heteroatoms. The third-order valence-corrected chi connectivity index (χ3v) is 3.47. The predicted octanol–water partition coefficient (Wildman–Crippen LogP) is 2.94. The highest BCUT2D eigenvalue weighted by atomic mass is 32.2. The molecule has 1 N–H and O–H groups in total. The highest BCUT2D eigenvalue weighted by Crippen LogP contribution is 2.21. The van der Waals surface area contributed by atoms with Crippen LogP contribution in [0.1, 0.15) is 12.0 Å². The summed E-state index contributed by atoms with van der Waals surface area (Å²) in [6.45, 7) is 0. The summed E-state index contributed by atoms with van der Waals surface area (Å²) in [6, 6.07) is 10.00. The van der Waals surface area contributed by atoms with Gasteiger partial charge in [-0.25, -0.2) is 0 Å². The summed E-state index contributed by atoms with van der Waals surface area (Å²) in [7, 11) is 0. The zero-order valence-corrected chi connectivity index (χ0v) is 10.1. The van der Waals surface area contributed by atoms with Gasteiger partial charge in [-0.05, 0) is 17.7 Å². The van der Waals surface area contributed by atoms with Crippen molar-refractivity contribution in [3.05, 3.63) is 42.1 Å². The van der Waals surface area contributed by atoms with Crippen molar-refractivity contribution in [1.29, 1.82) is 0 Å². The number of hydrogen-bond acceptors (Lipinski definition) is 3. The second-order valence-corrected chi connectivity index (χ2v) is 4.79. The Morgan fingerprint density at radius 2 is 2.12 bits per heavy atom. The second kappa shape index (κ2) is 5.68. The number of carbonyl (C=O) groups is 1. The van der Waals surface area contributed by atoms with E-state index in [1.165, 1.54) is 5.56 Å². The van der Waals surface area contributed by atoms with Gasteiger partial charge in [0.05, 0.1) is 11.9 Å². The number of carboxylic acids is 1. The summed E-state index contributed by atoms with van der Waals surface area (Å²) in [6.07, 6.45) is 2.02. The number of para-hydroxylation sites is 1. The first-order chi connectivity index (χ1) is 8.27. The van der Waals surface area contributed by atoms with Crippen molar-refractivity contribution in [2.75, 3.05) is 5.75 Å². The summed E-state index contributed by atoms with van der Waals surface area (Å²) < 4.78 is 0. The molecule has 0 radical (unpaired) electrons. The molecule has 0 aliphatic heterocycles. The summed E-state index contributed by atoms with van der Waals surface area (Å²) in [5, 5.41) is 9.71. The summed E-state index contributed by atoms with van der Waals surface area (Å²) in [5.74, 6) is 0.736. The number of rotatable bonds is 5. The molecule has 88 valence electrons. The molecule has 0 aliphatic carbocycles. The van der Waals surface area contributed by atoms with Gasteiger partial charge in [0.15, 0.2) is 0 Å². The van der Waals surface area contributed by atoms with E-state index in [9.17, 15) is 4.79 Å². The van der Waals surface area contributed by atoms with E-state index in [-0.39, 0.29) is 6.42 Å². The van der Waals surface area contributed by atoms with E-state index in [2.05, 4.69) is 11.1 Å². The van der Waals surface area contributed by atoms with Crippen molar-refractivity contribution in [3.63, 3.8) is 0 Å². The Kier molecular flexibility index (Phi) is 3.98. The lowest BCUT2D eigenvalue weighted by molar-refractivity contribution is -0.136. The van der Waals surface area contributed by atoms with E-state index < -0.39 is 5.97 Å². The Hall–Kier alpha value is -1.55. The number of carboxylic acid groups (broad SMARTS) is 1. The van der Waals surface area contributed by atoms with Gasteiger partial charge in [-0.15, -0.1) is 0 Å². The lowest BCUT2D eigenvalue weighted by Gasteiger charge is -2.04. The van der Waals surface area contributed by atoms with E-state index in [4.69, 9.17) is 5.11 Å². The van der Waals surface area contributed by atoms with Crippen LogP contribution in [-0.4, -0.2) is 21.8 Å². The minimum Gasteiger partial charge on any atom is -0.481 e. The third kappa shape index (κ3) is 3.20. The molecule has 1 aromatic heterocycles. The van der Waals surface area contributed by atoms with Crippen molar-refractivity contribution >= 4 is 28.6 Å². The Morgan fingerprint density at radius 1 is 1.29 bits per heavy atom. The van der Waals surface area contributed by atoms with Gasteiger partial charge in [-0.2, -0.15) is 11.8 Å². The first-order valence-corrected chi connectivity index (χ1v) is 6.55. The van der Waals surface area contributed by atoms with Crippen molar-refractivity contribution in [2.45, 2.75) is 12.2 Å². The second-order valence-electron chi connectivity index (χ2n) is 3.68. The molecule has 2 rings (SSSR count). The first kappa shape index (κ1) is 11.9. The number of pyridine rings is 1. The number of fused-ring (bicyclic) bond motifs is 1. The molecule has 17 heavy (non-hydrogen) atoms. The average Bonchev–Trinajstić information content (AvgIpc) is 2.34. The van der Waals surface area contributed by atoms with Gasteiger partial charge in [-0.3, -0.25) is 9.78 Å². The van der Waals surface area contributed by atoms with Crippen LogP contribution in [0.2, 0.25) is 0 Å². The molecule has 2 aromatic rings. The van der Waals surface area contributed by atoms with E-state index in [0.717, 1.165) is 16.7 Å². The largest absolute Gasteiger partial charge is 0.481 e. The Labute approximate surface area is 104 Å². The van der Waals surface area contributed by atoms with Crippen LogP contribution in [-0.2, 0) is 10.5 Å². The number of thioether (sulfide) groups is 1. The zero-order valence-electron chi connectivity index (χ0n) is 9.30. The fourth-order valence-electron chi connectivity index (χ4n) is 1.62. The average molecular weight is 247 g/mol. The number of hydrogen-bond donors (Lipinski definition) is 1. The van der Waals surface area contributed by atoms with Crippen molar-refractivity contribution in [3.8, 4) is 0 Å². The fraction of sp³-hybridized carbons (Fsp3) is 0.231. The molecule has 0 bridgehead atoms. The minimum atomic E-state index is -0.739. The SMILES string of the molecule is O=C(O)CCSCc1ccnc2ccccc12. The van der Waals surface area contributed by atoms with Crippen molar-refractivity contribution in [1.82, 2.24) is 4.98 Å². The van der Waals surface area contributed by atoms with E-state index in [1.54, 1.807) is 18.0 Å². The molecule has 0 aliphatic rings. The van der Waals surface area contributed by atoms with Gasteiger partial charge in [-0.1, -0.05) is 18.2 Å². The maximum atomic E-state index is 10.4. The molecule has 0 fully saturated rings. The first-order valence-electron chi connectivity index (χ1n) is 5.39. The Balaban J connectivity index is 2.05. The molecule has 3 nitrogen and oxygen atoms in total. The summed E-state index contributed by atoms with van der Waals surface area (Å²) in [4.78, 5) is 14.7. The van der Waals surface area contributed by atoms with Gasteiger partial charge in [0.2, 0.25) is 0 Å². The molecule has 1 aromatic carbocycles. The van der Waals surface area contributed by atoms with E-state index in [0.29, 0.717) is 5.75 Å². The van der Waals surface area contributed by atoms with Gasteiger partial charge < -0.3 is 5.11 Å². The highest BCUT2D eigenvalue weighted by Gasteiger charge is 2.02. The standard InChI is InChI=1S/C13H13NO2S/c15-13(16)6-8-17-9-10-5-7-14-12-4-2-1-3-11(10)12/h1-5,7H,6,8-9H2,(H,15,16). The highest BCUT2D eigenvalue weighted by molar-refractivity contribution is 7.98. The minimum absolute atomic E-state index is 0.216. The fourth-order valence-corrected chi connectivity index (χ4v) is 2.56. The number of aliphatic carboxylic acids is 1. The van der Waals surface area contributed by atoms with Crippen molar-refractivity contribution < 1.29 is 9.90 Å². The molecule has 0 saturated carbocycles. The normalized spacial score (nSPS) is 10.6. The van der Waals surface area contributed by atoms with Gasteiger partial charge in [0.25, 0.3) is 0 Å². The van der Waals surface area contributed by atoms with Gasteiger partial charge in [0.1, 0.15) is 0 Å². The van der Waals surface area contributed by atoms with Crippen LogP contribution in [0, 0.1) is 0 Å². The molecule has 0 saturated heterocycles. The lowest BCUT2D eigenvalue weighted by Crippen LogP contribution is -1.96. The molecule has 0 unspecified atom stereocenters. The van der Waals surface area contributed by atoms with Crippen molar-refractivity contribution in [2.24, 2.45) is 0 Å². The Morgan fingerprint density at radius 3 is 2.94 bits per heavy atom. The maximum absolute atomic E-state index is 10.4. The smallest absolute Gasteiger partial charge is 0.304 e. The monoisotopic (exact) mass is 247 g/mol. The third-order valence-electron chi connectivity index (χ3n) is 2.46. The van der Waals surface area contributed by atoms with E-state index in [1.807, 2.05) is 24.3 Å². The maximum Gasteiger partial charge on any atom is 0.304 e. The molecular weight excluding hydrogens is 234 g/mol. The number of nitrogens with zero attached hydrogens (tertiary/aromatic N) is 1. The molecular formula is C13H13NO2S. The lowest BCUT2D eigenvalue weighted by atomic mass is 10.1. The molecule has 0 amide bonds. The molecule has 0 atom stereocenters. The predicted molar refractivity (Wildman–Crippen MR) is 70.2 cm³/mol. The summed E-state index contributed by atoms with van der Waals surface area (Å²) >= 11 is 1.64.